The second-order valence-electron chi connectivity index (χ2n) is 7.13. The highest BCUT2D eigenvalue weighted by Gasteiger charge is 2.25. The van der Waals surface area contributed by atoms with Crippen LogP contribution in [0.2, 0.25) is 0 Å². The van der Waals surface area contributed by atoms with E-state index in [2.05, 4.69) is 0 Å². The van der Waals surface area contributed by atoms with Gasteiger partial charge in [0, 0.05) is 38.2 Å². The van der Waals surface area contributed by atoms with Crippen molar-refractivity contribution in [2.45, 2.75) is 45.2 Å². The maximum absolute atomic E-state index is 12.5. The first-order valence-corrected chi connectivity index (χ1v) is 9.18. The molecule has 9 heteroatoms. The number of amides is 1. The zero-order chi connectivity index (χ0) is 19.6. The van der Waals surface area contributed by atoms with E-state index in [1.165, 1.54) is 22.8 Å². The van der Waals surface area contributed by atoms with Crippen molar-refractivity contribution < 1.29 is 14.1 Å². The number of piperidine rings is 1. The van der Waals surface area contributed by atoms with Crippen LogP contribution in [0.4, 0.5) is 5.69 Å². The second kappa shape index (κ2) is 7.91. The summed E-state index contributed by atoms with van der Waals surface area (Å²) in [4.78, 5) is 36.6. The highest BCUT2D eigenvalue weighted by molar-refractivity contribution is 5.77. The van der Waals surface area contributed by atoms with Crippen LogP contribution in [0.1, 0.15) is 32.6 Å². The van der Waals surface area contributed by atoms with Crippen molar-refractivity contribution in [2.75, 3.05) is 13.1 Å². The lowest BCUT2D eigenvalue weighted by atomic mass is 9.92. The molecule has 146 valence electrons. The van der Waals surface area contributed by atoms with Crippen molar-refractivity contribution >= 4 is 22.7 Å². The van der Waals surface area contributed by atoms with Gasteiger partial charge in [-0.05, 0) is 38.2 Å². The zero-order valence-corrected chi connectivity index (χ0v) is 15.3. The number of carbonyl (C=O) groups excluding carboxylic acids is 1. The van der Waals surface area contributed by atoms with Crippen molar-refractivity contribution in [1.82, 2.24) is 9.47 Å². The van der Waals surface area contributed by atoms with Gasteiger partial charge < -0.3 is 15.1 Å². The number of nitro benzene ring substituents is 1. The number of likely N-dealkylation sites (tertiary alicyclic amines) is 1. The number of non-ortho nitro benzene ring substituents is 1. The lowest BCUT2D eigenvalue weighted by molar-refractivity contribution is -0.384. The molecule has 2 N–H and O–H groups in total. The third-order valence-electron chi connectivity index (χ3n) is 5.19. The fourth-order valence-corrected chi connectivity index (χ4v) is 3.59. The molecule has 2 unspecified atom stereocenters. The molecule has 0 saturated carbocycles. The summed E-state index contributed by atoms with van der Waals surface area (Å²) >= 11 is 0. The number of nitro groups is 1. The molecule has 3 rings (SSSR count). The maximum atomic E-state index is 12.5. The van der Waals surface area contributed by atoms with E-state index in [4.69, 9.17) is 10.2 Å². The van der Waals surface area contributed by atoms with Crippen LogP contribution in [0, 0.1) is 16.0 Å². The highest BCUT2D eigenvalue weighted by atomic mass is 16.6. The number of oxazole rings is 1. The standard InChI is InChI=1S/C18H24N4O5/c1-12(19)13-4-2-8-20(11-13)17(23)5-3-9-21-15-7-6-14(22(25)26)10-16(15)27-18(21)24/h6-7,10,12-13H,2-5,8-9,11,19H2,1H3. The maximum Gasteiger partial charge on any atom is 0.419 e. The van der Waals surface area contributed by atoms with E-state index < -0.39 is 10.7 Å². The van der Waals surface area contributed by atoms with Crippen molar-refractivity contribution in [3.05, 3.63) is 38.9 Å². The molecule has 1 fully saturated rings. The van der Waals surface area contributed by atoms with E-state index in [0.29, 0.717) is 37.4 Å². The first kappa shape index (κ1) is 19.1. The minimum Gasteiger partial charge on any atom is -0.407 e. The van der Waals surface area contributed by atoms with Crippen LogP contribution in [0.15, 0.2) is 27.4 Å². The molecular formula is C18H24N4O5. The molecule has 0 radical (unpaired) electrons. The van der Waals surface area contributed by atoms with Crippen LogP contribution in [-0.4, -0.2) is 39.4 Å². The van der Waals surface area contributed by atoms with Crippen molar-refractivity contribution in [2.24, 2.45) is 11.7 Å². The van der Waals surface area contributed by atoms with Crippen LogP contribution < -0.4 is 11.5 Å². The number of rotatable bonds is 6. The molecule has 0 bridgehead atoms. The number of hydrogen-bond acceptors (Lipinski definition) is 6. The monoisotopic (exact) mass is 376 g/mol. The Bertz CT molecular complexity index is 901. The molecule has 1 aliphatic heterocycles. The third-order valence-corrected chi connectivity index (χ3v) is 5.19. The Balaban J connectivity index is 1.62. The summed E-state index contributed by atoms with van der Waals surface area (Å²) in [6.07, 6.45) is 2.83. The lowest BCUT2D eigenvalue weighted by Crippen LogP contribution is -2.45. The van der Waals surface area contributed by atoms with Gasteiger partial charge in [-0.15, -0.1) is 0 Å². The van der Waals surface area contributed by atoms with Gasteiger partial charge in [0.2, 0.25) is 5.91 Å². The summed E-state index contributed by atoms with van der Waals surface area (Å²) in [5, 5.41) is 10.8. The van der Waals surface area contributed by atoms with Crippen LogP contribution in [0.3, 0.4) is 0 Å². The Kier molecular flexibility index (Phi) is 5.59. The number of hydrogen-bond donors (Lipinski definition) is 1. The van der Waals surface area contributed by atoms with Gasteiger partial charge in [0.25, 0.3) is 5.69 Å². The van der Waals surface area contributed by atoms with Gasteiger partial charge in [-0.1, -0.05) is 0 Å². The Labute approximate surface area is 155 Å². The highest BCUT2D eigenvalue weighted by Crippen LogP contribution is 2.21. The Morgan fingerprint density at radius 1 is 1.48 bits per heavy atom. The molecule has 2 atom stereocenters. The van der Waals surface area contributed by atoms with Crippen molar-refractivity contribution in [1.29, 1.82) is 0 Å². The Morgan fingerprint density at radius 3 is 2.96 bits per heavy atom. The molecule has 0 spiro atoms. The van der Waals surface area contributed by atoms with Crippen LogP contribution in [0.25, 0.3) is 11.1 Å². The van der Waals surface area contributed by atoms with Gasteiger partial charge >= 0.3 is 5.76 Å². The summed E-state index contributed by atoms with van der Waals surface area (Å²) < 4.78 is 6.51. The molecule has 1 aromatic carbocycles. The first-order chi connectivity index (χ1) is 12.9. The van der Waals surface area contributed by atoms with E-state index in [1.54, 1.807) is 0 Å². The molecule has 2 heterocycles. The van der Waals surface area contributed by atoms with Gasteiger partial charge in [-0.3, -0.25) is 19.5 Å². The smallest absolute Gasteiger partial charge is 0.407 e. The van der Waals surface area contributed by atoms with Gasteiger partial charge in [0.05, 0.1) is 16.5 Å². The molecule has 0 aliphatic carbocycles. The van der Waals surface area contributed by atoms with E-state index >= 15 is 0 Å². The van der Waals surface area contributed by atoms with Crippen LogP contribution in [-0.2, 0) is 11.3 Å². The van der Waals surface area contributed by atoms with Crippen molar-refractivity contribution in [3.8, 4) is 0 Å². The lowest BCUT2D eigenvalue weighted by Gasteiger charge is -2.34. The number of carbonyl (C=O) groups is 1. The molecule has 1 aromatic heterocycles. The predicted octanol–water partition coefficient (Wildman–Crippen LogP) is 1.87. The average molecular weight is 376 g/mol. The topological polar surface area (TPSA) is 125 Å². The average Bonchev–Trinajstić information content (AvgIpc) is 2.96. The first-order valence-electron chi connectivity index (χ1n) is 9.18. The zero-order valence-electron chi connectivity index (χ0n) is 15.3. The van der Waals surface area contributed by atoms with Gasteiger partial charge in [0.15, 0.2) is 5.58 Å². The molecule has 9 nitrogen and oxygen atoms in total. The van der Waals surface area contributed by atoms with Crippen LogP contribution >= 0.6 is 0 Å². The van der Waals surface area contributed by atoms with E-state index in [1.807, 2.05) is 11.8 Å². The Morgan fingerprint density at radius 2 is 2.26 bits per heavy atom. The predicted molar refractivity (Wildman–Crippen MR) is 99.3 cm³/mol. The normalized spacial score (nSPS) is 18.6. The number of aryl methyl sites for hydroxylation is 1. The minimum absolute atomic E-state index is 0.0665. The van der Waals surface area contributed by atoms with Gasteiger partial charge in [-0.2, -0.15) is 0 Å². The van der Waals surface area contributed by atoms with Crippen molar-refractivity contribution in [3.63, 3.8) is 0 Å². The number of aromatic nitrogens is 1. The number of benzene rings is 1. The van der Waals surface area contributed by atoms with E-state index in [9.17, 15) is 19.7 Å². The SMILES string of the molecule is CC(N)C1CCCN(C(=O)CCCn2c(=O)oc3cc([N+](=O)[O-])ccc32)C1. The summed E-state index contributed by atoms with van der Waals surface area (Å²) in [6.45, 7) is 3.73. The Hall–Kier alpha value is -2.68. The molecule has 1 saturated heterocycles. The molecule has 1 aliphatic rings. The summed E-state index contributed by atoms with van der Waals surface area (Å²) in [5.41, 5.74) is 6.50. The van der Waals surface area contributed by atoms with Gasteiger partial charge in [0.1, 0.15) is 0 Å². The fourth-order valence-electron chi connectivity index (χ4n) is 3.59. The van der Waals surface area contributed by atoms with Gasteiger partial charge in [-0.25, -0.2) is 4.79 Å². The van der Waals surface area contributed by atoms with Crippen LogP contribution in [0.5, 0.6) is 0 Å². The summed E-state index contributed by atoms with van der Waals surface area (Å²) in [7, 11) is 0. The quantitative estimate of drug-likeness (QED) is 0.606. The third kappa shape index (κ3) is 4.19. The molecule has 27 heavy (non-hydrogen) atoms. The number of nitrogens with two attached hydrogens (primary N) is 1. The largest absolute Gasteiger partial charge is 0.419 e. The van der Waals surface area contributed by atoms with E-state index in [-0.39, 0.29) is 23.2 Å². The fraction of sp³-hybridized carbons (Fsp3) is 0.556. The number of fused-ring (bicyclic) bond motifs is 1. The number of nitrogens with zero attached hydrogens (tertiary/aromatic N) is 3. The molecule has 1 amide bonds. The summed E-state index contributed by atoms with van der Waals surface area (Å²) in [5.74, 6) is -0.177. The minimum atomic E-state index is -0.576. The van der Waals surface area contributed by atoms with E-state index in [0.717, 1.165) is 19.4 Å². The second-order valence-corrected chi connectivity index (χ2v) is 7.13. The molecular weight excluding hydrogens is 352 g/mol. The molecule has 2 aromatic rings. The summed E-state index contributed by atoms with van der Waals surface area (Å²) in [6, 6.07) is 4.14.